The van der Waals surface area contributed by atoms with Crippen molar-refractivity contribution in [3.8, 4) is 12.3 Å². The third-order valence-electron chi connectivity index (χ3n) is 1.53. The van der Waals surface area contributed by atoms with E-state index >= 15 is 0 Å². The van der Waals surface area contributed by atoms with Crippen LogP contribution in [-0.4, -0.2) is 32.1 Å². The van der Waals surface area contributed by atoms with E-state index in [-0.39, 0.29) is 19.0 Å². The predicted octanol–water partition coefficient (Wildman–Crippen LogP) is 0.316. The average molecular weight is 184 g/mol. The molecule has 0 aliphatic carbocycles. The molecule has 0 N–H and O–H groups in total. The standard InChI is InChI=1S/C9H12O4/c1-2-3-4-11-8(10)7-9-12-5-6-13-9/h1,9H,3-7H2. The molecule has 1 fully saturated rings. The second-order valence-corrected chi connectivity index (χ2v) is 2.55. The van der Waals surface area contributed by atoms with Crippen LogP contribution < -0.4 is 0 Å². The summed E-state index contributed by atoms with van der Waals surface area (Å²) in [6.45, 7) is 1.35. The lowest BCUT2D eigenvalue weighted by molar-refractivity contribution is -0.151. The Morgan fingerprint density at radius 3 is 2.85 bits per heavy atom. The summed E-state index contributed by atoms with van der Waals surface area (Å²) in [5, 5.41) is 0. The molecule has 0 aromatic rings. The smallest absolute Gasteiger partial charge is 0.310 e. The van der Waals surface area contributed by atoms with Crippen molar-refractivity contribution in [2.24, 2.45) is 0 Å². The van der Waals surface area contributed by atoms with E-state index in [1.54, 1.807) is 0 Å². The van der Waals surface area contributed by atoms with Crippen molar-refractivity contribution in [3.63, 3.8) is 0 Å². The quantitative estimate of drug-likeness (QED) is 0.358. The van der Waals surface area contributed by atoms with E-state index in [1.807, 2.05) is 0 Å². The highest BCUT2D eigenvalue weighted by atomic mass is 16.7. The fourth-order valence-electron chi connectivity index (χ4n) is 0.944. The molecular formula is C9H12O4. The van der Waals surface area contributed by atoms with Crippen molar-refractivity contribution in [2.75, 3.05) is 19.8 Å². The minimum absolute atomic E-state index is 0.143. The van der Waals surface area contributed by atoms with E-state index in [9.17, 15) is 4.79 Å². The van der Waals surface area contributed by atoms with Crippen LogP contribution in [0.15, 0.2) is 0 Å². The van der Waals surface area contributed by atoms with Crippen LogP contribution in [0.4, 0.5) is 0 Å². The molecule has 4 nitrogen and oxygen atoms in total. The highest BCUT2D eigenvalue weighted by molar-refractivity contribution is 5.69. The topological polar surface area (TPSA) is 44.8 Å². The Bertz CT molecular complexity index is 200. The van der Waals surface area contributed by atoms with Gasteiger partial charge in [-0.2, -0.15) is 0 Å². The van der Waals surface area contributed by atoms with Gasteiger partial charge in [-0.25, -0.2) is 0 Å². The molecule has 4 heteroatoms. The SMILES string of the molecule is C#CCCOC(=O)CC1OCCO1. The molecule has 0 unspecified atom stereocenters. The van der Waals surface area contributed by atoms with Gasteiger partial charge in [0.25, 0.3) is 0 Å². The van der Waals surface area contributed by atoms with Gasteiger partial charge >= 0.3 is 5.97 Å². The van der Waals surface area contributed by atoms with Crippen LogP contribution in [0.5, 0.6) is 0 Å². The maximum absolute atomic E-state index is 11.0. The molecular weight excluding hydrogens is 172 g/mol. The first-order chi connectivity index (χ1) is 6.33. The van der Waals surface area contributed by atoms with Crippen molar-refractivity contribution in [1.82, 2.24) is 0 Å². The lowest BCUT2D eigenvalue weighted by atomic mass is 10.4. The summed E-state index contributed by atoms with van der Waals surface area (Å²) < 4.78 is 14.9. The third-order valence-corrected chi connectivity index (χ3v) is 1.53. The first-order valence-corrected chi connectivity index (χ1v) is 4.15. The van der Waals surface area contributed by atoms with Crippen LogP contribution in [0.3, 0.4) is 0 Å². The Morgan fingerprint density at radius 2 is 2.23 bits per heavy atom. The molecule has 0 amide bonds. The molecule has 0 atom stereocenters. The molecule has 0 spiro atoms. The van der Waals surface area contributed by atoms with E-state index in [0.717, 1.165) is 0 Å². The molecule has 1 aliphatic rings. The van der Waals surface area contributed by atoms with Gasteiger partial charge in [0.05, 0.1) is 19.6 Å². The second kappa shape index (κ2) is 5.57. The number of hydrogen-bond donors (Lipinski definition) is 0. The van der Waals surface area contributed by atoms with Crippen LogP contribution in [0, 0.1) is 12.3 Å². The van der Waals surface area contributed by atoms with Crippen molar-refractivity contribution < 1.29 is 19.0 Å². The fraction of sp³-hybridized carbons (Fsp3) is 0.667. The monoisotopic (exact) mass is 184 g/mol. The van der Waals surface area contributed by atoms with Crippen LogP contribution in [-0.2, 0) is 19.0 Å². The number of carbonyl (C=O) groups excluding carboxylic acids is 1. The van der Waals surface area contributed by atoms with Crippen LogP contribution in [0.25, 0.3) is 0 Å². The molecule has 0 radical (unpaired) electrons. The zero-order valence-corrected chi connectivity index (χ0v) is 7.32. The van der Waals surface area contributed by atoms with E-state index in [4.69, 9.17) is 20.6 Å². The number of terminal acetylenes is 1. The average Bonchev–Trinajstić information content (AvgIpc) is 2.57. The molecule has 1 heterocycles. The normalized spacial score (nSPS) is 16.8. The fourth-order valence-corrected chi connectivity index (χ4v) is 0.944. The van der Waals surface area contributed by atoms with Gasteiger partial charge in [0.2, 0.25) is 0 Å². The van der Waals surface area contributed by atoms with Crippen molar-refractivity contribution >= 4 is 5.97 Å². The van der Waals surface area contributed by atoms with Crippen LogP contribution >= 0.6 is 0 Å². The molecule has 72 valence electrons. The van der Waals surface area contributed by atoms with E-state index in [2.05, 4.69) is 5.92 Å². The van der Waals surface area contributed by atoms with Crippen LogP contribution in [0.2, 0.25) is 0 Å². The minimum Gasteiger partial charge on any atom is -0.465 e. The van der Waals surface area contributed by atoms with Crippen molar-refractivity contribution in [3.05, 3.63) is 0 Å². The molecule has 1 rings (SSSR count). The van der Waals surface area contributed by atoms with Gasteiger partial charge in [0.15, 0.2) is 6.29 Å². The number of carbonyl (C=O) groups is 1. The Hall–Kier alpha value is -1.05. The summed E-state index contributed by atoms with van der Waals surface area (Å²) in [6, 6.07) is 0. The summed E-state index contributed by atoms with van der Waals surface area (Å²) >= 11 is 0. The minimum atomic E-state index is -0.432. The predicted molar refractivity (Wildman–Crippen MR) is 44.7 cm³/mol. The molecule has 0 aromatic heterocycles. The molecule has 0 saturated carbocycles. The lowest BCUT2D eigenvalue weighted by Gasteiger charge is -2.07. The van der Waals surface area contributed by atoms with Gasteiger partial charge in [0, 0.05) is 6.42 Å². The molecule has 0 bridgehead atoms. The van der Waals surface area contributed by atoms with E-state index in [0.29, 0.717) is 19.6 Å². The summed E-state index contributed by atoms with van der Waals surface area (Å²) in [4.78, 5) is 11.0. The molecule has 0 aromatic carbocycles. The van der Waals surface area contributed by atoms with Crippen molar-refractivity contribution in [2.45, 2.75) is 19.1 Å². The largest absolute Gasteiger partial charge is 0.465 e. The maximum atomic E-state index is 11.0. The lowest BCUT2D eigenvalue weighted by Crippen LogP contribution is -2.16. The number of hydrogen-bond acceptors (Lipinski definition) is 4. The zero-order valence-electron chi connectivity index (χ0n) is 7.32. The highest BCUT2D eigenvalue weighted by Gasteiger charge is 2.20. The Labute approximate surface area is 77.2 Å². The summed E-state index contributed by atoms with van der Waals surface area (Å²) in [6.07, 6.45) is 5.14. The Balaban J connectivity index is 2.07. The number of esters is 1. The maximum Gasteiger partial charge on any atom is 0.310 e. The summed E-state index contributed by atoms with van der Waals surface area (Å²) in [5.74, 6) is 2.05. The van der Waals surface area contributed by atoms with E-state index < -0.39 is 6.29 Å². The van der Waals surface area contributed by atoms with Gasteiger partial charge in [-0.15, -0.1) is 12.3 Å². The molecule has 13 heavy (non-hydrogen) atoms. The van der Waals surface area contributed by atoms with Crippen molar-refractivity contribution in [1.29, 1.82) is 0 Å². The van der Waals surface area contributed by atoms with Gasteiger partial charge in [-0.1, -0.05) is 0 Å². The van der Waals surface area contributed by atoms with Gasteiger partial charge in [0.1, 0.15) is 6.61 Å². The van der Waals surface area contributed by atoms with Gasteiger partial charge in [-0.3, -0.25) is 4.79 Å². The first kappa shape index (κ1) is 10.0. The van der Waals surface area contributed by atoms with Crippen LogP contribution in [0.1, 0.15) is 12.8 Å². The number of rotatable bonds is 4. The second-order valence-electron chi connectivity index (χ2n) is 2.55. The highest BCUT2D eigenvalue weighted by Crippen LogP contribution is 2.08. The molecule has 1 saturated heterocycles. The Morgan fingerprint density at radius 1 is 1.54 bits per heavy atom. The first-order valence-electron chi connectivity index (χ1n) is 4.15. The summed E-state index contributed by atoms with van der Waals surface area (Å²) in [5.41, 5.74) is 0. The Kier molecular flexibility index (Phi) is 4.30. The van der Waals surface area contributed by atoms with Gasteiger partial charge in [-0.05, 0) is 0 Å². The van der Waals surface area contributed by atoms with Gasteiger partial charge < -0.3 is 14.2 Å². The van der Waals surface area contributed by atoms with E-state index in [1.165, 1.54) is 0 Å². The zero-order chi connectivity index (χ0) is 9.52. The number of ether oxygens (including phenoxy) is 3. The molecule has 1 aliphatic heterocycles. The summed E-state index contributed by atoms with van der Waals surface area (Å²) in [7, 11) is 0. The third kappa shape index (κ3) is 3.92.